The van der Waals surface area contributed by atoms with E-state index >= 15 is 0 Å². The van der Waals surface area contributed by atoms with E-state index in [1.165, 1.54) is 0 Å². The quantitative estimate of drug-likeness (QED) is 0.906. The topological polar surface area (TPSA) is 71.2 Å². The lowest BCUT2D eigenvalue weighted by Crippen LogP contribution is -2.31. The molecule has 0 bridgehead atoms. The molecular formula is C16H20N4O. The van der Waals surface area contributed by atoms with Gasteiger partial charge in [0, 0.05) is 25.0 Å². The van der Waals surface area contributed by atoms with Crippen molar-refractivity contribution in [1.29, 1.82) is 0 Å². The number of benzene rings is 1. The van der Waals surface area contributed by atoms with Crippen LogP contribution in [0.2, 0.25) is 0 Å². The molecule has 0 aliphatic heterocycles. The number of carbonyl (C=O) groups is 1. The summed E-state index contributed by atoms with van der Waals surface area (Å²) in [5.41, 5.74) is 9.12. The minimum absolute atomic E-state index is 0.174. The number of pyridine rings is 1. The van der Waals surface area contributed by atoms with Crippen LogP contribution < -0.4 is 11.1 Å². The Bertz CT molecular complexity index is 627. The van der Waals surface area contributed by atoms with Gasteiger partial charge in [0.25, 0.3) is 0 Å². The SMILES string of the molecule is Cc1cccc(CN(C)C(=O)Nc2cccc(CN)c2)n1. The summed E-state index contributed by atoms with van der Waals surface area (Å²) < 4.78 is 0. The third kappa shape index (κ3) is 4.29. The van der Waals surface area contributed by atoms with Crippen molar-refractivity contribution in [2.24, 2.45) is 5.73 Å². The first-order valence-corrected chi connectivity index (χ1v) is 6.82. The van der Waals surface area contributed by atoms with Crippen molar-refractivity contribution in [2.45, 2.75) is 20.0 Å². The molecule has 1 heterocycles. The molecule has 0 unspecified atom stereocenters. The normalized spacial score (nSPS) is 10.2. The van der Waals surface area contributed by atoms with E-state index in [2.05, 4.69) is 10.3 Å². The molecule has 1 aromatic heterocycles. The molecule has 2 rings (SSSR count). The van der Waals surface area contributed by atoms with Crippen LogP contribution in [0.3, 0.4) is 0 Å². The van der Waals surface area contributed by atoms with E-state index in [0.29, 0.717) is 13.1 Å². The monoisotopic (exact) mass is 284 g/mol. The molecule has 0 aliphatic carbocycles. The molecular weight excluding hydrogens is 264 g/mol. The predicted molar refractivity (Wildman–Crippen MR) is 83.8 cm³/mol. The summed E-state index contributed by atoms with van der Waals surface area (Å²) in [6.07, 6.45) is 0. The van der Waals surface area contributed by atoms with Gasteiger partial charge in [-0.3, -0.25) is 4.98 Å². The van der Waals surface area contributed by atoms with Crippen LogP contribution in [0, 0.1) is 6.92 Å². The summed E-state index contributed by atoms with van der Waals surface area (Å²) in [5.74, 6) is 0. The van der Waals surface area contributed by atoms with Gasteiger partial charge in [-0.2, -0.15) is 0 Å². The van der Waals surface area contributed by atoms with Gasteiger partial charge in [0.1, 0.15) is 0 Å². The predicted octanol–water partition coefficient (Wildman–Crippen LogP) is 2.51. The molecule has 1 aromatic carbocycles. The maximum absolute atomic E-state index is 12.2. The first-order valence-electron chi connectivity index (χ1n) is 6.82. The van der Waals surface area contributed by atoms with Crippen LogP contribution in [0.1, 0.15) is 17.0 Å². The van der Waals surface area contributed by atoms with Crippen LogP contribution in [-0.2, 0) is 13.1 Å². The van der Waals surface area contributed by atoms with E-state index in [-0.39, 0.29) is 6.03 Å². The number of anilines is 1. The number of aromatic nitrogens is 1. The molecule has 5 nitrogen and oxygen atoms in total. The number of nitrogens with zero attached hydrogens (tertiary/aromatic N) is 2. The van der Waals surface area contributed by atoms with Crippen molar-refractivity contribution in [3.05, 3.63) is 59.4 Å². The molecule has 2 amide bonds. The number of urea groups is 1. The summed E-state index contributed by atoms with van der Waals surface area (Å²) in [5, 5.41) is 2.85. The Morgan fingerprint density at radius 1 is 1.29 bits per heavy atom. The molecule has 0 atom stereocenters. The molecule has 0 saturated heterocycles. The fraction of sp³-hybridized carbons (Fsp3) is 0.250. The Kier molecular flexibility index (Phi) is 4.90. The fourth-order valence-corrected chi connectivity index (χ4v) is 2.00. The van der Waals surface area contributed by atoms with Crippen molar-refractivity contribution >= 4 is 11.7 Å². The summed E-state index contributed by atoms with van der Waals surface area (Å²) in [7, 11) is 1.74. The average molecular weight is 284 g/mol. The van der Waals surface area contributed by atoms with Crippen LogP contribution in [0.15, 0.2) is 42.5 Å². The second-order valence-electron chi connectivity index (χ2n) is 4.96. The maximum Gasteiger partial charge on any atom is 0.321 e. The van der Waals surface area contributed by atoms with E-state index in [4.69, 9.17) is 5.73 Å². The molecule has 21 heavy (non-hydrogen) atoms. The molecule has 0 aliphatic rings. The highest BCUT2D eigenvalue weighted by atomic mass is 16.2. The molecule has 0 radical (unpaired) electrons. The van der Waals surface area contributed by atoms with Crippen LogP contribution in [0.5, 0.6) is 0 Å². The summed E-state index contributed by atoms with van der Waals surface area (Å²) in [4.78, 5) is 18.1. The number of nitrogens with one attached hydrogen (secondary N) is 1. The van der Waals surface area contributed by atoms with Gasteiger partial charge in [-0.05, 0) is 36.8 Å². The fourth-order valence-electron chi connectivity index (χ4n) is 2.00. The van der Waals surface area contributed by atoms with E-state index < -0.39 is 0 Å². The number of carbonyl (C=O) groups excluding carboxylic acids is 1. The lowest BCUT2D eigenvalue weighted by molar-refractivity contribution is 0.220. The molecule has 110 valence electrons. The second-order valence-corrected chi connectivity index (χ2v) is 4.96. The van der Waals surface area contributed by atoms with Crippen LogP contribution in [0.25, 0.3) is 0 Å². The highest BCUT2D eigenvalue weighted by Gasteiger charge is 2.10. The Labute approximate surface area is 124 Å². The van der Waals surface area contributed by atoms with Gasteiger partial charge in [-0.15, -0.1) is 0 Å². The van der Waals surface area contributed by atoms with Gasteiger partial charge in [-0.25, -0.2) is 4.79 Å². The van der Waals surface area contributed by atoms with Crippen molar-refractivity contribution in [3.63, 3.8) is 0 Å². The Hall–Kier alpha value is -2.40. The lowest BCUT2D eigenvalue weighted by Gasteiger charge is -2.18. The second kappa shape index (κ2) is 6.85. The maximum atomic E-state index is 12.2. The van der Waals surface area contributed by atoms with Gasteiger partial charge >= 0.3 is 6.03 Å². The largest absolute Gasteiger partial charge is 0.326 e. The van der Waals surface area contributed by atoms with Crippen molar-refractivity contribution < 1.29 is 4.79 Å². The standard InChI is InChI=1S/C16H20N4O/c1-12-5-3-8-15(18-12)11-20(2)16(21)19-14-7-4-6-13(9-14)10-17/h3-9H,10-11,17H2,1-2H3,(H,19,21). The molecule has 0 saturated carbocycles. The minimum atomic E-state index is -0.174. The smallest absolute Gasteiger partial charge is 0.321 e. The van der Waals surface area contributed by atoms with Gasteiger partial charge in [0.05, 0.1) is 12.2 Å². The summed E-state index contributed by atoms with van der Waals surface area (Å²) in [6, 6.07) is 13.1. The van der Waals surface area contributed by atoms with E-state index in [1.807, 2.05) is 49.4 Å². The lowest BCUT2D eigenvalue weighted by atomic mass is 10.2. The van der Waals surface area contributed by atoms with E-state index in [1.54, 1.807) is 11.9 Å². The summed E-state index contributed by atoms with van der Waals surface area (Å²) in [6.45, 7) is 2.85. The summed E-state index contributed by atoms with van der Waals surface area (Å²) >= 11 is 0. The van der Waals surface area contributed by atoms with Gasteiger partial charge in [0.2, 0.25) is 0 Å². The first-order chi connectivity index (χ1) is 10.1. The molecule has 2 aromatic rings. The van der Waals surface area contributed by atoms with E-state index in [0.717, 1.165) is 22.6 Å². The van der Waals surface area contributed by atoms with Crippen molar-refractivity contribution in [1.82, 2.24) is 9.88 Å². The zero-order chi connectivity index (χ0) is 15.2. The number of rotatable bonds is 4. The number of hydrogen-bond acceptors (Lipinski definition) is 3. The van der Waals surface area contributed by atoms with Crippen molar-refractivity contribution in [2.75, 3.05) is 12.4 Å². The number of hydrogen-bond donors (Lipinski definition) is 2. The van der Waals surface area contributed by atoms with Crippen molar-refractivity contribution in [3.8, 4) is 0 Å². The Morgan fingerprint density at radius 2 is 2.05 bits per heavy atom. The van der Waals surface area contributed by atoms with Crippen LogP contribution >= 0.6 is 0 Å². The third-order valence-corrected chi connectivity index (χ3v) is 3.11. The highest BCUT2D eigenvalue weighted by Crippen LogP contribution is 2.11. The third-order valence-electron chi connectivity index (χ3n) is 3.11. The van der Waals surface area contributed by atoms with Crippen LogP contribution in [0.4, 0.5) is 10.5 Å². The Balaban J connectivity index is 1.99. The molecule has 5 heteroatoms. The first kappa shape index (κ1) is 15.0. The number of amides is 2. The highest BCUT2D eigenvalue weighted by molar-refractivity contribution is 5.89. The number of nitrogens with two attached hydrogens (primary N) is 1. The zero-order valence-corrected chi connectivity index (χ0v) is 12.3. The Morgan fingerprint density at radius 3 is 2.76 bits per heavy atom. The van der Waals surface area contributed by atoms with Gasteiger partial charge in [0.15, 0.2) is 0 Å². The number of aryl methyl sites for hydroxylation is 1. The van der Waals surface area contributed by atoms with Gasteiger partial charge < -0.3 is 16.0 Å². The average Bonchev–Trinajstić information content (AvgIpc) is 2.47. The zero-order valence-electron chi connectivity index (χ0n) is 12.3. The molecule has 3 N–H and O–H groups in total. The van der Waals surface area contributed by atoms with Crippen LogP contribution in [-0.4, -0.2) is 23.0 Å². The molecule has 0 fully saturated rings. The van der Waals surface area contributed by atoms with Gasteiger partial charge in [-0.1, -0.05) is 18.2 Å². The molecule has 0 spiro atoms. The van der Waals surface area contributed by atoms with E-state index in [9.17, 15) is 4.79 Å². The minimum Gasteiger partial charge on any atom is -0.326 e.